The van der Waals surface area contributed by atoms with E-state index in [0.717, 1.165) is 11.6 Å². The third kappa shape index (κ3) is 4.32. The Balaban J connectivity index is 2.58. The highest BCUT2D eigenvalue weighted by Crippen LogP contribution is 2.17. The number of nitrogens with zero attached hydrogens (tertiary/aromatic N) is 1. The van der Waals surface area contributed by atoms with Gasteiger partial charge in [0.2, 0.25) is 0 Å². The molecule has 0 aromatic carbocycles. The molecule has 0 aliphatic rings. The Kier molecular flexibility index (Phi) is 5.93. The molecule has 0 aliphatic heterocycles. The number of esters is 1. The molecular formula is C11H18N2O3S. The number of rotatable bonds is 7. The number of carbonyl (C=O) groups excluding carboxylic acids is 1. The van der Waals surface area contributed by atoms with E-state index in [1.807, 2.05) is 0 Å². The molecule has 1 atom stereocenters. The van der Waals surface area contributed by atoms with Crippen molar-refractivity contribution in [3.05, 3.63) is 11.1 Å². The Morgan fingerprint density at radius 3 is 2.94 bits per heavy atom. The predicted molar refractivity (Wildman–Crippen MR) is 67.6 cm³/mol. The van der Waals surface area contributed by atoms with Crippen molar-refractivity contribution in [3.63, 3.8) is 0 Å². The SMILES string of the molecule is CCOC(=O)c1csc(NC(CC)COC)n1. The standard InChI is InChI=1S/C11H18N2O3S/c1-4-8(6-15-3)12-11-13-9(7-17-11)10(14)16-5-2/h7-8H,4-6H2,1-3H3,(H,12,13). The van der Waals surface area contributed by atoms with Gasteiger partial charge in [0.05, 0.1) is 19.3 Å². The van der Waals surface area contributed by atoms with Gasteiger partial charge in [0.1, 0.15) is 0 Å². The normalized spacial score (nSPS) is 12.2. The average Bonchev–Trinajstić information content (AvgIpc) is 2.77. The number of nitrogens with one attached hydrogen (secondary N) is 1. The first-order chi connectivity index (χ1) is 8.21. The molecule has 0 bridgehead atoms. The van der Waals surface area contributed by atoms with E-state index in [1.54, 1.807) is 19.4 Å². The van der Waals surface area contributed by atoms with Gasteiger partial charge in [-0.25, -0.2) is 9.78 Å². The molecule has 6 heteroatoms. The van der Waals surface area contributed by atoms with E-state index in [4.69, 9.17) is 9.47 Å². The highest BCUT2D eigenvalue weighted by molar-refractivity contribution is 7.13. The first-order valence-corrected chi connectivity index (χ1v) is 6.47. The van der Waals surface area contributed by atoms with Crippen LogP contribution < -0.4 is 5.32 Å². The van der Waals surface area contributed by atoms with Crippen molar-refractivity contribution in [3.8, 4) is 0 Å². The number of anilines is 1. The molecule has 1 unspecified atom stereocenters. The monoisotopic (exact) mass is 258 g/mol. The van der Waals surface area contributed by atoms with Crippen molar-refractivity contribution >= 4 is 22.4 Å². The highest BCUT2D eigenvalue weighted by Gasteiger charge is 2.13. The van der Waals surface area contributed by atoms with Crippen LogP contribution in [-0.2, 0) is 9.47 Å². The lowest BCUT2D eigenvalue weighted by molar-refractivity contribution is 0.0520. The summed E-state index contributed by atoms with van der Waals surface area (Å²) >= 11 is 1.39. The summed E-state index contributed by atoms with van der Waals surface area (Å²) in [5, 5.41) is 5.64. The number of hydrogen-bond donors (Lipinski definition) is 1. The number of methoxy groups -OCH3 is 1. The van der Waals surface area contributed by atoms with E-state index in [-0.39, 0.29) is 12.0 Å². The smallest absolute Gasteiger partial charge is 0.357 e. The van der Waals surface area contributed by atoms with Crippen molar-refractivity contribution in [2.24, 2.45) is 0 Å². The molecule has 0 aliphatic carbocycles. The fourth-order valence-corrected chi connectivity index (χ4v) is 2.03. The molecule has 0 fully saturated rings. The lowest BCUT2D eigenvalue weighted by Crippen LogP contribution is -2.23. The average molecular weight is 258 g/mol. The van der Waals surface area contributed by atoms with Crippen molar-refractivity contribution in [1.82, 2.24) is 4.98 Å². The number of thiazole rings is 1. The van der Waals surface area contributed by atoms with E-state index in [0.29, 0.717) is 18.9 Å². The summed E-state index contributed by atoms with van der Waals surface area (Å²) in [6, 6.07) is 0.209. The summed E-state index contributed by atoms with van der Waals surface area (Å²) in [4.78, 5) is 15.6. The van der Waals surface area contributed by atoms with Gasteiger partial charge in [-0.3, -0.25) is 0 Å². The molecule has 0 amide bonds. The lowest BCUT2D eigenvalue weighted by atomic mass is 10.2. The van der Waals surface area contributed by atoms with Gasteiger partial charge in [-0.05, 0) is 13.3 Å². The van der Waals surface area contributed by atoms with Crippen LogP contribution in [0.15, 0.2) is 5.38 Å². The Morgan fingerprint density at radius 2 is 2.35 bits per heavy atom. The summed E-state index contributed by atoms with van der Waals surface area (Å²) in [6.45, 7) is 4.82. The van der Waals surface area contributed by atoms with Crippen LogP contribution in [-0.4, -0.2) is 37.3 Å². The second-order valence-electron chi connectivity index (χ2n) is 3.46. The maximum atomic E-state index is 11.4. The van der Waals surface area contributed by atoms with Gasteiger partial charge in [-0.15, -0.1) is 11.3 Å². The highest BCUT2D eigenvalue weighted by atomic mass is 32.1. The second kappa shape index (κ2) is 7.24. The maximum absolute atomic E-state index is 11.4. The molecule has 5 nitrogen and oxygen atoms in total. The molecule has 0 spiro atoms. The fraction of sp³-hybridized carbons (Fsp3) is 0.636. The van der Waals surface area contributed by atoms with Crippen LogP contribution in [0.25, 0.3) is 0 Å². The third-order valence-corrected chi connectivity index (χ3v) is 2.95. The van der Waals surface area contributed by atoms with Crippen molar-refractivity contribution in [2.75, 3.05) is 25.6 Å². The molecule has 1 rings (SSSR count). The minimum Gasteiger partial charge on any atom is -0.461 e. The van der Waals surface area contributed by atoms with Gasteiger partial charge in [0.25, 0.3) is 0 Å². The predicted octanol–water partition coefficient (Wildman–Crippen LogP) is 2.16. The second-order valence-corrected chi connectivity index (χ2v) is 4.32. The zero-order chi connectivity index (χ0) is 12.7. The molecule has 0 saturated carbocycles. The topological polar surface area (TPSA) is 60.5 Å². The fourth-order valence-electron chi connectivity index (χ4n) is 1.28. The van der Waals surface area contributed by atoms with Gasteiger partial charge >= 0.3 is 5.97 Å². The van der Waals surface area contributed by atoms with E-state index in [2.05, 4.69) is 17.2 Å². The molecule has 0 radical (unpaired) electrons. The lowest BCUT2D eigenvalue weighted by Gasteiger charge is -2.14. The Morgan fingerprint density at radius 1 is 1.59 bits per heavy atom. The van der Waals surface area contributed by atoms with Gasteiger partial charge in [-0.1, -0.05) is 6.92 Å². The number of aromatic nitrogens is 1. The zero-order valence-corrected chi connectivity index (χ0v) is 11.2. The Hall–Kier alpha value is -1.14. The largest absolute Gasteiger partial charge is 0.461 e. The van der Waals surface area contributed by atoms with Crippen LogP contribution in [0, 0.1) is 0 Å². The zero-order valence-electron chi connectivity index (χ0n) is 10.4. The molecule has 1 aromatic rings. The van der Waals surface area contributed by atoms with Crippen LogP contribution in [0.5, 0.6) is 0 Å². The molecule has 96 valence electrons. The molecule has 1 heterocycles. The third-order valence-electron chi connectivity index (χ3n) is 2.18. The molecule has 1 aromatic heterocycles. The van der Waals surface area contributed by atoms with Crippen LogP contribution in [0.2, 0.25) is 0 Å². The van der Waals surface area contributed by atoms with Crippen LogP contribution in [0.1, 0.15) is 30.8 Å². The minimum absolute atomic E-state index is 0.209. The maximum Gasteiger partial charge on any atom is 0.357 e. The van der Waals surface area contributed by atoms with E-state index >= 15 is 0 Å². The van der Waals surface area contributed by atoms with Crippen molar-refractivity contribution < 1.29 is 14.3 Å². The van der Waals surface area contributed by atoms with E-state index in [1.165, 1.54) is 11.3 Å². The first-order valence-electron chi connectivity index (χ1n) is 5.59. The van der Waals surface area contributed by atoms with E-state index < -0.39 is 0 Å². The molecular weight excluding hydrogens is 240 g/mol. The molecule has 1 N–H and O–H groups in total. The number of ether oxygens (including phenoxy) is 2. The van der Waals surface area contributed by atoms with Gasteiger partial charge in [0, 0.05) is 12.5 Å². The van der Waals surface area contributed by atoms with Crippen LogP contribution in [0.4, 0.5) is 5.13 Å². The van der Waals surface area contributed by atoms with Crippen LogP contribution >= 0.6 is 11.3 Å². The van der Waals surface area contributed by atoms with Gasteiger partial charge in [-0.2, -0.15) is 0 Å². The quantitative estimate of drug-likeness (QED) is 0.759. The Labute approximate surface area is 105 Å². The van der Waals surface area contributed by atoms with Crippen molar-refractivity contribution in [1.29, 1.82) is 0 Å². The summed E-state index contributed by atoms with van der Waals surface area (Å²) in [5.41, 5.74) is 0.353. The number of carbonyl (C=O) groups is 1. The van der Waals surface area contributed by atoms with Crippen LogP contribution in [0.3, 0.4) is 0 Å². The summed E-state index contributed by atoms with van der Waals surface area (Å²) in [7, 11) is 1.66. The summed E-state index contributed by atoms with van der Waals surface area (Å²) in [5.74, 6) is -0.378. The van der Waals surface area contributed by atoms with E-state index in [9.17, 15) is 4.79 Å². The minimum atomic E-state index is -0.378. The summed E-state index contributed by atoms with van der Waals surface area (Å²) < 4.78 is 9.96. The number of hydrogen-bond acceptors (Lipinski definition) is 6. The van der Waals surface area contributed by atoms with Crippen molar-refractivity contribution in [2.45, 2.75) is 26.3 Å². The first kappa shape index (κ1) is 13.9. The Bertz CT molecular complexity index is 354. The molecule has 17 heavy (non-hydrogen) atoms. The summed E-state index contributed by atoms with van der Waals surface area (Å²) in [6.07, 6.45) is 0.933. The molecule has 0 saturated heterocycles. The van der Waals surface area contributed by atoms with Gasteiger partial charge < -0.3 is 14.8 Å². The van der Waals surface area contributed by atoms with Gasteiger partial charge in [0.15, 0.2) is 10.8 Å².